The van der Waals surface area contributed by atoms with Crippen molar-refractivity contribution in [3.8, 4) is 5.75 Å². The topological polar surface area (TPSA) is 47.3 Å². The fraction of sp³-hybridized carbons (Fsp3) is 0.240. The Labute approximate surface area is 190 Å². The summed E-state index contributed by atoms with van der Waals surface area (Å²) in [5.41, 5.74) is 5.37. The van der Waals surface area contributed by atoms with Crippen molar-refractivity contribution in [2.75, 3.05) is 0 Å². The number of aromatic nitrogens is 2. The average Bonchev–Trinajstić information content (AvgIpc) is 3.08. The number of benzene rings is 2. The maximum Gasteiger partial charge on any atom is 0.130 e. The molecule has 0 spiro atoms. The lowest BCUT2D eigenvalue weighted by molar-refractivity contribution is 0.269. The van der Waals surface area contributed by atoms with E-state index in [0.29, 0.717) is 18.4 Å². The lowest BCUT2D eigenvalue weighted by atomic mass is 10.0. The van der Waals surface area contributed by atoms with E-state index in [9.17, 15) is 5.11 Å². The van der Waals surface area contributed by atoms with Crippen LogP contribution < -0.4 is 4.74 Å². The lowest BCUT2D eigenvalue weighted by Crippen LogP contribution is -2.09. The minimum absolute atomic E-state index is 0.000882. The van der Waals surface area contributed by atoms with Crippen LogP contribution in [0.1, 0.15) is 29.4 Å². The summed E-state index contributed by atoms with van der Waals surface area (Å²) in [5.74, 6) is 0.902. The van der Waals surface area contributed by atoms with Gasteiger partial charge >= 0.3 is 0 Å². The summed E-state index contributed by atoms with van der Waals surface area (Å²) in [6.45, 7) is 3.36. The molecule has 2 aromatic carbocycles. The standard InChI is InChI=1S/C25H23ClN2O2S/c1-16-12-20-23(30-15-19-4-2-3-11-27-19)10-9-21-24(20)25(31-16)22(14-29)28(21)13-17-5-7-18(26)8-6-17/h2-11,16,29H,12-15H2,1H3. The molecule has 0 amide bonds. The van der Waals surface area contributed by atoms with Gasteiger partial charge in [0.15, 0.2) is 0 Å². The summed E-state index contributed by atoms with van der Waals surface area (Å²) in [7, 11) is 0. The molecule has 4 aromatic rings. The SMILES string of the molecule is CC1Cc2c(OCc3ccccn3)ccc3c2c(c(CO)n3Cc2ccc(Cl)cc2)S1. The third-order valence-corrected chi connectivity index (χ3v) is 7.17. The number of hydrogen-bond acceptors (Lipinski definition) is 4. The molecule has 1 N–H and O–H groups in total. The molecule has 5 rings (SSSR count). The molecule has 4 nitrogen and oxygen atoms in total. The lowest BCUT2D eigenvalue weighted by Gasteiger charge is -2.22. The molecule has 1 aliphatic heterocycles. The Balaban J connectivity index is 1.58. The molecule has 0 saturated carbocycles. The summed E-state index contributed by atoms with van der Waals surface area (Å²) in [5, 5.41) is 12.6. The van der Waals surface area contributed by atoms with Gasteiger partial charge in [-0.1, -0.05) is 36.7 Å². The second-order valence-corrected chi connectivity index (χ2v) is 9.71. The van der Waals surface area contributed by atoms with Crippen molar-refractivity contribution in [1.82, 2.24) is 9.55 Å². The smallest absolute Gasteiger partial charge is 0.130 e. The van der Waals surface area contributed by atoms with E-state index in [0.717, 1.165) is 39.7 Å². The maximum atomic E-state index is 10.3. The summed E-state index contributed by atoms with van der Waals surface area (Å²) < 4.78 is 8.44. The van der Waals surface area contributed by atoms with Crippen LogP contribution in [-0.2, 0) is 26.2 Å². The minimum atomic E-state index is 0.000882. The molecular weight excluding hydrogens is 428 g/mol. The number of nitrogens with zero attached hydrogens (tertiary/aromatic N) is 2. The van der Waals surface area contributed by atoms with E-state index in [2.05, 4.69) is 28.6 Å². The third kappa shape index (κ3) is 3.93. The number of ether oxygens (including phenoxy) is 1. The highest BCUT2D eigenvalue weighted by molar-refractivity contribution is 8.00. The molecule has 1 aliphatic rings. The Morgan fingerprint density at radius 3 is 2.74 bits per heavy atom. The van der Waals surface area contributed by atoms with E-state index in [1.807, 2.05) is 54.2 Å². The number of aliphatic hydroxyl groups excluding tert-OH is 1. The van der Waals surface area contributed by atoms with E-state index in [1.165, 1.54) is 15.8 Å². The summed E-state index contributed by atoms with van der Waals surface area (Å²) in [6, 6.07) is 17.9. The molecule has 0 radical (unpaired) electrons. The zero-order valence-electron chi connectivity index (χ0n) is 17.2. The minimum Gasteiger partial charge on any atom is -0.487 e. The number of aliphatic hydroxyl groups is 1. The predicted molar refractivity (Wildman–Crippen MR) is 126 cm³/mol. The van der Waals surface area contributed by atoms with Crippen LogP contribution in [-0.4, -0.2) is 19.9 Å². The van der Waals surface area contributed by atoms with Crippen LogP contribution >= 0.6 is 23.4 Å². The molecule has 6 heteroatoms. The van der Waals surface area contributed by atoms with Crippen LogP contribution in [0.5, 0.6) is 5.75 Å². The molecule has 158 valence electrons. The van der Waals surface area contributed by atoms with Crippen LogP contribution in [0, 0.1) is 0 Å². The van der Waals surface area contributed by atoms with Gasteiger partial charge in [0.05, 0.1) is 23.5 Å². The second kappa shape index (κ2) is 8.58. The number of rotatable bonds is 6. The van der Waals surface area contributed by atoms with E-state index in [4.69, 9.17) is 16.3 Å². The van der Waals surface area contributed by atoms with Crippen LogP contribution in [0.2, 0.25) is 5.02 Å². The highest BCUT2D eigenvalue weighted by atomic mass is 35.5. The molecule has 0 bridgehead atoms. The van der Waals surface area contributed by atoms with Crippen LogP contribution in [0.25, 0.3) is 10.9 Å². The average molecular weight is 451 g/mol. The fourth-order valence-corrected chi connectivity index (χ4v) is 5.68. The first kappa shape index (κ1) is 20.4. The largest absolute Gasteiger partial charge is 0.487 e. The van der Waals surface area contributed by atoms with Crippen LogP contribution in [0.15, 0.2) is 65.7 Å². The Hall–Kier alpha value is -2.47. The van der Waals surface area contributed by atoms with Crippen molar-refractivity contribution < 1.29 is 9.84 Å². The van der Waals surface area contributed by atoms with Crippen molar-refractivity contribution in [3.63, 3.8) is 0 Å². The molecule has 0 aliphatic carbocycles. The normalized spacial score (nSPS) is 15.4. The van der Waals surface area contributed by atoms with Crippen LogP contribution in [0.3, 0.4) is 0 Å². The summed E-state index contributed by atoms with van der Waals surface area (Å²) >= 11 is 7.91. The van der Waals surface area contributed by atoms with Crippen molar-refractivity contribution >= 4 is 34.3 Å². The first-order chi connectivity index (χ1) is 15.1. The first-order valence-electron chi connectivity index (χ1n) is 10.4. The number of pyridine rings is 1. The number of thioether (sulfide) groups is 1. The van der Waals surface area contributed by atoms with Crippen molar-refractivity contribution in [3.05, 3.63) is 88.3 Å². The quantitative estimate of drug-likeness (QED) is 0.400. The van der Waals surface area contributed by atoms with Gasteiger partial charge in [0, 0.05) is 38.9 Å². The van der Waals surface area contributed by atoms with Crippen molar-refractivity contribution in [2.24, 2.45) is 0 Å². The van der Waals surface area contributed by atoms with E-state index in [-0.39, 0.29) is 6.61 Å². The van der Waals surface area contributed by atoms with Crippen molar-refractivity contribution in [2.45, 2.75) is 43.2 Å². The second-order valence-electron chi connectivity index (χ2n) is 7.83. The first-order valence-corrected chi connectivity index (χ1v) is 11.6. The van der Waals surface area contributed by atoms with Crippen LogP contribution in [0.4, 0.5) is 0 Å². The maximum absolute atomic E-state index is 10.3. The van der Waals surface area contributed by atoms with Gasteiger partial charge in [-0.2, -0.15) is 0 Å². The van der Waals surface area contributed by atoms with Gasteiger partial charge in [0.2, 0.25) is 0 Å². The molecule has 0 fully saturated rings. The molecule has 1 atom stereocenters. The molecule has 31 heavy (non-hydrogen) atoms. The van der Waals surface area contributed by atoms with Gasteiger partial charge in [-0.15, -0.1) is 11.8 Å². The molecular formula is C25H23ClN2O2S. The number of hydrogen-bond donors (Lipinski definition) is 1. The van der Waals surface area contributed by atoms with Gasteiger partial charge in [-0.05, 0) is 48.4 Å². The zero-order chi connectivity index (χ0) is 21.4. The fourth-order valence-electron chi connectivity index (χ4n) is 4.25. The van der Waals surface area contributed by atoms with Gasteiger partial charge in [0.25, 0.3) is 0 Å². The molecule has 2 aromatic heterocycles. The Bertz CT molecular complexity index is 1220. The highest BCUT2D eigenvalue weighted by Crippen LogP contribution is 2.47. The monoisotopic (exact) mass is 450 g/mol. The highest BCUT2D eigenvalue weighted by Gasteiger charge is 2.28. The third-order valence-electron chi connectivity index (χ3n) is 5.67. The molecule has 3 heterocycles. The van der Waals surface area contributed by atoms with Gasteiger partial charge in [-0.3, -0.25) is 4.98 Å². The number of halogens is 1. The Morgan fingerprint density at radius 2 is 2.00 bits per heavy atom. The molecule has 1 unspecified atom stereocenters. The van der Waals surface area contributed by atoms with Gasteiger partial charge in [-0.25, -0.2) is 0 Å². The zero-order valence-corrected chi connectivity index (χ0v) is 18.8. The summed E-state index contributed by atoms with van der Waals surface area (Å²) in [6.07, 6.45) is 2.72. The van der Waals surface area contributed by atoms with E-state index < -0.39 is 0 Å². The Morgan fingerprint density at radius 1 is 1.16 bits per heavy atom. The van der Waals surface area contributed by atoms with Gasteiger partial charge in [0.1, 0.15) is 12.4 Å². The Kier molecular flexibility index (Phi) is 5.65. The van der Waals surface area contributed by atoms with E-state index in [1.54, 1.807) is 6.20 Å². The van der Waals surface area contributed by atoms with E-state index >= 15 is 0 Å². The predicted octanol–water partition coefficient (Wildman–Crippen LogP) is 5.85. The van der Waals surface area contributed by atoms with Crippen molar-refractivity contribution in [1.29, 1.82) is 0 Å². The molecule has 0 saturated heterocycles. The van der Waals surface area contributed by atoms with Gasteiger partial charge < -0.3 is 14.4 Å². The summed E-state index contributed by atoms with van der Waals surface area (Å²) in [4.78, 5) is 5.54.